The maximum atomic E-state index is 8.52. The largest absolute Gasteiger partial charge is 2.00 e. The molecule has 0 radical (unpaired) electrons. The van der Waals surface area contributed by atoms with E-state index in [0.29, 0.717) is 0 Å². The fraction of sp³-hybridized carbons (Fsp3) is 0. The average Bonchev–Trinajstić information content (AvgIpc) is 0.722. The van der Waals surface area contributed by atoms with Gasteiger partial charge in [-0.3, -0.25) is 8.42 Å². The Morgan fingerprint density at radius 3 is 1.12 bits per heavy atom. The van der Waals surface area contributed by atoms with Gasteiger partial charge in [-0.25, -0.2) is 0 Å². The van der Waals surface area contributed by atoms with Gasteiger partial charge in [0.15, 0.2) is 0 Å². The van der Waals surface area contributed by atoms with Crippen LogP contribution < -0.4 is 0 Å². The molecule has 8 heavy (non-hydrogen) atoms. The van der Waals surface area contributed by atoms with Crippen LogP contribution in [0, 0.1) is 0 Å². The fourth-order valence-electron chi connectivity index (χ4n) is 0. The molecule has 0 aromatic heterocycles. The van der Waals surface area contributed by atoms with Gasteiger partial charge in [-0.2, -0.15) is 0 Å². The molecule has 0 aliphatic carbocycles. The first-order valence-corrected chi connectivity index (χ1v) is 2.00. The Bertz CT molecular complexity index is 99.2. The smallest absolute Gasteiger partial charge is 2.00 e. The maximum absolute atomic E-state index is 8.52. The van der Waals surface area contributed by atoms with Crippen molar-refractivity contribution in [1.29, 1.82) is 0 Å². The van der Waals surface area contributed by atoms with Crippen LogP contribution in [0.15, 0.2) is 0 Å². The zero-order valence-corrected chi connectivity index (χ0v) is 4.98. The standard InChI is InChI=1S/Ca.K.Mg.H2O4S.3H/c;;;1-5(2,3)4;;;/h;;;(H2,1,2,3,4);;;/q;;+2;;;;/p-2. The van der Waals surface area contributed by atoms with Crippen LogP contribution in [0.4, 0.5) is 0 Å². The van der Waals surface area contributed by atoms with E-state index in [1.165, 1.54) is 0 Å². The first kappa shape index (κ1) is 22.5. The number of hydrogen-bond acceptors (Lipinski definition) is 4. The molecule has 0 aliphatic rings. The zero-order valence-electron chi connectivity index (χ0n) is 2.75. The molecular formula is H3CaKMgO4S. The summed E-state index contributed by atoms with van der Waals surface area (Å²) in [6, 6.07) is 0. The Morgan fingerprint density at radius 1 is 1.12 bits per heavy atom. The van der Waals surface area contributed by atoms with Crippen LogP contribution >= 0.6 is 0 Å². The van der Waals surface area contributed by atoms with Crippen LogP contribution in [0.1, 0.15) is 0 Å². The van der Waals surface area contributed by atoms with Gasteiger partial charge in [0.2, 0.25) is 0 Å². The molecular weight excluding hydrogens is 200 g/mol. The van der Waals surface area contributed by atoms with Gasteiger partial charge < -0.3 is 9.11 Å². The van der Waals surface area contributed by atoms with Gasteiger partial charge in [-0.05, 0) is 0 Å². The second kappa shape index (κ2) is 10.5. The summed E-state index contributed by atoms with van der Waals surface area (Å²) >= 11 is 0. The predicted octanol–water partition coefficient (Wildman–Crippen LogP) is -3.28. The Hall–Kier alpha value is 3.53. The second-order valence-electron chi connectivity index (χ2n) is 0.408. The zero-order chi connectivity index (χ0) is 4.50. The molecule has 0 fully saturated rings. The van der Waals surface area contributed by atoms with Crippen molar-refractivity contribution in [1.82, 2.24) is 0 Å². The molecule has 0 heterocycles. The minimum Gasteiger partial charge on any atom is 2.00 e. The molecule has 4 nitrogen and oxygen atoms in total. The van der Waals surface area contributed by atoms with Crippen LogP contribution in [0.25, 0.3) is 0 Å². The molecule has 0 N–H and O–H groups in total. The van der Waals surface area contributed by atoms with E-state index in [-0.39, 0.29) is 112 Å². The molecule has 0 saturated heterocycles. The van der Waals surface area contributed by atoms with Gasteiger partial charge >= 0.3 is 112 Å². The van der Waals surface area contributed by atoms with Crippen molar-refractivity contribution in [2.45, 2.75) is 0 Å². The van der Waals surface area contributed by atoms with Gasteiger partial charge in [0.25, 0.3) is 0 Å². The van der Waals surface area contributed by atoms with Gasteiger partial charge in [-0.1, -0.05) is 0 Å². The van der Waals surface area contributed by atoms with Gasteiger partial charge in [-0.15, -0.1) is 0 Å². The Balaban J connectivity index is -0.0000000267. The molecule has 0 amide bonds. The monoisotopic (exact) mass is 202 g/mol. The molecule has 0 rings (SSSR count). The predicted molar refractivity (Wildman–Crippen MR) is 31.9 cm³/mol. The van der Waals surface area contributed by atoms with Gasteiger partial charge in [0.05, 0.1) is 0 Å². The molecule has 0 aromatic rings. The third-order valence-corrected chi connectivity index (χ3v) is 0. The Labute approximate surface area is 136 Å². The molecule has 0 aromatic carbocycles. The molecule has 8 heteroatoms. The van der Waals surface area contributed by atoms with Crippen LogP contribution in [0.3, 0.4) is 0 Å². The molecule has 38 valence electrons. The molecule has 0 unspecified atom stereocenters. The van der Waals surface area contributed by atoms with E-state index >= 15 is 0 Å². The summed E-state index contributed by atoms with van der Waals surface area (Å²) in [6.45, 7) is 0. The van der Waals surface area contributed by atoms with Crippen molar-refractivity contribution in [3.63, 3.8) is 0 Å². The average molecular weight is 203 g/mol. The van der Waals surface area contributed by atoms with Gasteiger partial charge in [0, 0.05) is 10.4 Å². The minimum atomic E-state index is -5.17. The Kier molecular flexibility index (Phi) is 29.7. The van der Waals surface area contributed by atoms with E-state index in [1.54, 1.807) is 0 Å². The summed E-state index contributed by atoms with van der Waals surface area (Å²) in [7, 11) is -5.17. The molecule has 0 aliphatic heterocycles. The molecule has 0 spiro atoms. The van der Waals surface area contributed by atoms with Crippen LogP contribution in [-0.2, 0) is 10.4 Å². The number of rotatable bonds is 0. The topological polar surface area (TPSA) is 80.3 Å². The van der Waals surface area contributed by atoms with E-state index in [9.17, 15) is 0 Å². The van der Waals surface area contributed by atoms with Crippen LogP contribution in [-0.4, -0.2) is 130 Å². The summed E-state index contributed by atoms with van der Waals surface area (Å²) < 4.78 is 34.1. The van der Waals surface area contributed by atoms with Crippen molar-refractivity contribution in [3.8, 4) is 0 Å². The second-order valence-corrected chi connectivity index (χ2v) is 1.22. The molecule has 0 bridgehead atoms. The van der Waals surface area contributed by atoms with Crippen LogP contribution in [0.5, 0.6) is 0 Å². The normalized spacial score (nSPS) is 7.25. The minimum absolute atomic E-state index is 0. The molecule has 0 atom stereocenters. The summed E-state index contributed by atoms with van der Waals surface area (Å²) in [6.07, 6.45) is 0. The first-order chi connectivity index (χ1) is 2.00. The van der Waals surface area contributed by atoms with Crippen molar-refractivity contribution in [3.05, 3.63) is 0 Å². The summed E-state index contributed by atoms with van der Waals surface area (Å²) in [5, 5.41) is 0. The third kappa shape index (κ3) is 55.6. The fourth-order valence-corrected chi connectivity index (χ4v) is 0. The summed E-state index contributed by atoms with van der Waals surface area (Å²) in [4.78, 5) is 0. The van der Waals surface area contributed by atoms with E-state index in [4.69, 9.17) is 17.5 Å². The maximum Gasteiger partial charge on any atom is 2.00 e. The van der Waals surface area contributed by atoms with E-state index in [0.717, 1.165) is 0 Å². The first-order valence-electron chi connectivity index (χ1n) is 0.667. The summed E-state index contributed by atoms with van der Waals surface area (Å²) in [5.74, 6) is 0. The quantitative estimate of drug-likeness (QED) is 0.234. The van der Waals surface area contributed by atoms with Crippen molar-refractivity contribution >= 4 is 123 Å². The molecule has 0 saturated carbocycles. The number of hydrogen-bond donors (Lipinski definition) is 0. The van der Waals surface area contributed by atoms with E-state index < -0.39 is 10.4 Å². The van der Waals surface area contributed by atoms with Crippen molar-refractivity contribution < 1.29 is 17.5 Å². The van der Waals surface area contributed by atoms with Crippen molar-refractivity contribution in [2.75, 3.05) is 0 Å². The van der Waals surface area contributed by atoms with Gasteiger partial charge in [0.1, 0.15) is 0 Å². The van der Waals surface area contributed by atoms with E-state index in [2.05, 4.69) is 0 Å². The summed E-state index contributed by atoms with van der Waals surface area (Å²) in [5.41, 5.74) is 0. The SMILES string of the molecule is O=S(=O)([O-])[O-].[CaH2].[KH].[Mg+2]. The Morgan fingerprint density at radius 2 is 1.12 bits per heavy atom. The van der Waals surface area contributed by atoms with Crippen LogP contribution in [0.2, 0.25) is 0 Å². The third-order valence-electron chi connectivity index (χ3n) is 0. The van der Waals surface area contributed by atoms with Crippen molar-refractivity contribution in [2.24, 2.45) is 0 Å². The van der Waals surface area contributed by atoms with E-state index in [1.807, 2.05) is 0 Å².